The van der Waals surface area contributed by atoms with E-state index in [1.54, 1.807) is 5.57 Å². The molecule has 0 aliphatic carbocycles. The normalized spacial score (nSPS) is 12.1. The van der Waals surface area contributed by atoms with Crippen LogP contribution < -0.4 is 0 Å². The Morgan fingerprint density at radius 2 is 1.24 bits per heavy atom. The molecule has 0 unspecified atom stereocenters. The van der Waals surface area contributed by atoms with Crippen molar-refractivity contribution in [3.05, 3.63) is 11.6 Å². The molecule has 0 nitrogen and oxygen atoms in total. The molecule has 0 fully saturated rings. The molecule has 0 N–H and O–H groups in total. The lowest BCUT2D eigenvalue weighted by Crippen LogP contribution is -1.81. The van der Waals surface area contributed by atoms with Crippen molar-refractivity contribution < 1.29 is 0 Å². The van der Waals surface area contributed by atoms with Gasteiger partial charge in [0, 0.05) is 0 Å². The first-order valence-corrected chi connectivity index (χ1v) is 7.96. The highest BCUT2D eigenvalue weighted by atomic mass is 14.0. The third-order valence-corrected chi connectivity index (χ3v) is 3.44. The van der Waals surface area contributed by atoms with Gasteiger partial charge in [0.15, 0.2) is 0 Å². The van der Waals surface area contributed by atoms with E-state index < -0.39 is 0 Å². The molecule has 0 saturated carbocycles. The third kappa shape index (κ3) is 13.7. The molecule has 0 aromatic rings. The summed E-state index contributed by atoms with van der Waals surface area (Å²) < 4.78 is 0. The zero-order valence-electron chi connectivity index (χ0n) is 12.6. The first-order valence-electron chi connectivity index (χ1n) is 7.96. The van der Waals surface area contributed by atoms with Gasteiger partial charge in [0.2, 0.25) is 0 Å². The van der Waals surface area contributed by atoms with E-state index in [1.807, 2.05) is 0 Å². The van der Waals surface area contributed by atoms with Crippen LogP contribution in [0.1, 0.15) is 97.8 Å². The average molecular weight is 238 g/mol. The van der Waals surface area contributed by atoms with E-state index in [-0.39, 0.29) is 0 Å². The summed E-state index contributed by atoms with van der Waals surface area (Å²) in [5.41, 5.74) is 1.59. The van der Waals surface area contributed by atoms with E-state index in [1.165, 1.54) is 77.0 Å². The predicted molar refractivity (Wildman–Crippen MR) is 80.5 cm³/mol. The highest BCUT2D eigenvalue weighted by Gasteiger charge is 1.92. The Morgan fingerprint density at radius 3 is 1.76 bits per heavy atom. The predicted octanol–water partition coefficient (Wildman–Crippen LogP) is 6.65. The summed E-state index contributed by atoms with van der Waals surface area (Å²) in [6.45, 7) is 6.82. The lowest BCUT2D eigenvalue weighted by molar-refractivity contribution is 0.566. The van der Waals surface area contributed by atoms with Gasteiger partial charge in [0.1, 0.15) is 0 Å². The highest BCUT2D eigenvalue weighted by molar-refractivity contribution is 4.97. The number of allylic oxidation sites excluding steroid dienone is 2. The molecule has 102 valence electrons. The van der Waals surface area contributed by atoms with E-state index in [0.29, 0.717) is 0 Å². The van der Waals surface area contributed by atoms with Crippen molar-refractivity contribution >= 4 is 0 Å². The molecule has 0 radical (unpaired) electrons. The maximum absolute atomic E-state index is 2.45. The van der Waals surface area contributed by atoms with Crippen LogP contribution in [-0.4, -0.2) is 0 Å². The molecule has 0 aliphatic rings. The molecule has 0 saturated heterocycles. The molecule has 0 aliphatic heterocycles. The van der Waals surface area contributed by atoms with Crippen LogP contribution in [0.5, 0.6) is 0 Å². The molecular formula is C17H34. The fraction of sp³-hybridized carbons (Fsp3) is 0.882. The first-order chi connectivity index (χ1) is 8.31. The van der Waals surface area contributed by atoms with Crippen molar-refractivity contribution in [2.45, 2.75) is 97.8 Å². The smallest absolute Gasteiger partial charge is 0.0326 e. The van der Waals surface area contributed by atoms with Crippen LogP contribution in [0.25, 0.3) is 0 Å². The van der Waals surface area contributed by atoms with E-state index >= 15 is 0 Å². The van der Waals surface area contributed by atoms with Gasteiger partial charge in [-0.3, -0.25) is 0 Å². The van der Waals surface area contributed by atoms with Crippen molar-refractivity contribution in [3.8, 4) is 0 Å². The number of hydrogen-bond acceptors (Lipinski definition) is 0. The van der Waals surface area contributed by atoms with Crippen LogP contribution in [-0.2, 0) is 0 Å². The maximum atomic E-state index is 2.45. The minimum Gasteiger partial charge on any atom is -0.0856 e. The second-order valence-corrected chi connectivity index (χ2v) is 5.42. The van der Waals surface area contributed by atoms with Gasteiger partial charge in [0.05, 0.1) is 0 Å². The van der Waals surface area contributed by atoms with E-state index in [4.69, 9.17) is 0 Å². The standard InChI is InChI=1S/C17H34/c1-4-6-7-8-9-10-11-12-13-14-16-17(3)15-5-2/h16H,4-15H2,1-3H3/b17-16+. The molecule has 0 amide bonds. The third-order valence-electron chi connectivity index (χ3n) is 3.44. The second kappa shape index (κ2) is 13.8. The lowest BCUT2D eigenvalue weighted by atomic mass is 10.1. The molecule has 17 heavy (non-hydrogen) atoms. The molecule has 0 aromatic heterocycles. The van der Waals surface area contributed by atoms with E-state index in [9.17, 15) is 0 Å². The van der Waals surface area contributed by atoms with Crippen molar-refractivity contribution in [2.24, 2.45) is 0 Å². The van der Waals surface area contributed by atoms with Gasteiger partial charge in [-0.25, -0.2) is 0 Å². The van der Waals surface area contributed by atoms with Crippen molar-refractivity contribution in [1.29, 1.82) is 0 Å². The van der Waals surface area contributed by atoms with Crippen molar-refractivity contribution in [2.75, 3.05) is 0 Å². The van der Waals surface area contributed by atoms with Gasteiger partial charge in [-0.2, -0.15) is 0 Å². The summed E-state index contributed by atoms with van der Waals surface area (Å²) in [6, 6.07) is 0. The molecule has 0 bridgehead atoms. The number of rotatable bonds is 12. The van der Waals surface area contributed by atoms with Crippen LogP contribution in [0.4, 0.5) is 0 Å². The quantitative estimate of drug-likeness (QED) is 0.263. The van der Waals surface area contributed by atoms with Crippen molar-refractivity contribution in [3.63, 3.8) is 0 Å². The molecule has 0 heteroatoms. The van der Waals surface area contributed by atoms with Crippen molar-refractivity contribution in [1.82, 2.24) is 0 Å². The Balaban J connectivity index is 3.10. The molecule has 0 atom stereocenters. The second-order valence-electron chi connectivity index (χ2n) is 5.42. The van der Waals surface area contributed by atoms with Crippen LogP contribution in [0.2, 0.25) is 0 Å². The summed E-state index contributed by atoms with van der Waals surface area (Å²) in [5.74, 6) is 0. The van der Waals surface area contributed by atoms with Gasteiger partial charge in [-0.15, -0.1) is 0 Å². The Kier molecular flexibility index (Phi) is 13.6. The fourth-order valence-corrected chi connectivity index (χ4v) is 2.30. The Hall–Kier alpha value is -0.260. The van der Waals surface area contributed by atoms with Gasteiger partial charge in [0.25, 0.3) is 0 Å². The maximum Gasteiger partial charge on any atom is -0.0326 e. The van der Waals surface area contributed by atoms with Gasteiger partial charge >= 0.3 is 0 Å². The van der Waals surface area contributed by atoms with Crippen LogP contribution in [0, 0.1) is 0 Å². The minimum absolute atomic E-state index is 1.29. The molecule has 0 spiro atoms. The highest BCUT2D eigenvalue weighted by Crippen LogP contribution is 2.12. The van der Waals surface area contributed by atoms with Crippen LogP contribution in [0.15, 0.2) is 11.6 Å². The largest absolute Gasteiger partial charge is 0.0856 e. The van der Waals surface area contributed by atoms with Gasteiger partial charge in [-0.05, 0) is 26.2 Å². The molecular weight excluding hydrogens is 204 g/mol. The van der Waals surface area contributed by atoms with Crippen LogP contribution in [0.3, 0.4) is 0 Å². The summed E-state index contributed by atoms with van der Waals surface area (Å²) in [4.78, 5) is 0. The number of unbranched alkanes of at least 4 members (excludes halogenated alkanes) is 9. The zero-order chi connectivity index (χ0) is 12.8. The molecule has 0 heterocycles. The average Bonchev–Trinajstić information content (AvgIpc) is 2.32. The van der Waals surface area contributed by atoms with E-state index in [2.05, 4.69) is 26.8 Å². The van der Waals surface area contributed by atoms with Gasteiger partial charge < -0.3 is 0 Å². The summed E-state index contributed by atoms with van der Waals surface area (Å²) in [7, 11) is 0. The SMILES string of the molecule is CCCCCCCCCCC/C=C(\C)CCC. The summed E-state index contributed by atoms with van der Waals surface area (Å²) >= 11 is 0. The Morgan fingerprint density at radius 1 is 0.706 bits per heavy atom. The van der Waals surface area contributed by atoms with Crippen LogP contribution >= 0.6 is 0 Å². The topological polar surface area (TPSA) is 0 Å². The number of hydrogen-bond donors (Lipinski definition) is 0. The van der Waals surface area contributed by atoms with E-state index in [0.717, 1.165) is 0 Å². The summed E-state index contributed by atoms with van der Waals surface area (Å²) in [5, 5.41) is 0. The summed E-state index contributed by atoms with van der Waals surface area (Å²) in [6.07, 6.45) is 19.3. The molecule has 0 aromatic carbocycles. The first kappa shape index (κ1) is 16.7. The Labute approximate surface area is 110 Å². The lowest BCUT2D eigenvalue weighted by Gasteiger charge is -2.01. The fourth-order valence-electron chi connectivity index (χ4n) is 2.30. The molecule has 0 rings (SSSR count). The minimum atomic E-state index is 1.29. The zero-order valence-corrected chi connectivity index (χ0v) is 12.6. The van der Waals surface area contributed by atoms with Gasteiger partial charge in [-0.1, -0.05) is 83.3 Å². The monoisotopic (exact) mass is 238 g/mol. The Bertz CT molecular complexity index is 167.